The maximum atomic E-state index is 13.0. The number of nitrogens with two attached hydrogens (primary N) is 1. The van der Waals surface area contributed by atoms with Gasteiger partial charge in [-0.3, -0.25) is 9.59 Å². The summed E-state index contributed by atoms with van der Waals surface area (Å²) in [7, 11) is 0. The number of thioether (sulfide) groups is 1. The van der Waals surface area contributed by atoms with Crippen LogP contribution < -0.4 is 16.4 Å². The van der Waals surface area contributed by atoms with Crippen molar-refractivity contribution in [2.45, 2.75) is 4.90 Å². The fourth-order valence-electron chi connectivity index (χ4n) is 1.85. The summed E-state index contributed by atoms with van der Waals surface area (Å²) in [5, 5.41) is 5.71. The van der Waals surface area contributed by atoms with Gasteiger partial charge < -0.3 is 16.4 Å². The van der Waals surface area contributed by atoms with Gasteiger partial charge in [0, 0.05) is 10.6 Å². The van der Waals surface area contributed by atoms with Crippen LogP contribution in [0.3, 0.4) is 0 Å². The molecular weight excluding hydrogens is 353 g/mol. The van der Waals surface area contributed by atoms with Gasteiger partial charge in [0.1, 0.15) is 5.82 Å². The molecule has 0 bridgehead atoms. The molecule has 5 nitrogen and oxygen atoms in total. The van der Waals surface area contributed by atoms with E-state index in [1.807, 2.05) is 18.2 Å². The summed E-state index contributed by atoms with van der Waals surface area (Å²) in [6.07, 6.45) is 0. The van der Waals surface area contributed by atoms with Crippen molar-refractivity contribution in [2.75, 3.05) is 22.9 Å². The minimum absolute atomic E-state index is 0.0121. The predicted molar refractivity (Wildman–Crippen MR) is 94.9 cm³/mol. The van der Waals surface area contributed by atoms with E-state index in [4.69, 9.17) is 17.3 Å². The first kappa shape index (κ1) is 18.1. The van der Waals surface area contributed by atoms with E-state index in [0.29, 0.717) is 11.4 Å². The molecule has 4 N–H and O–H groups in total. The molecule has 2 aromatic carbocycles. The van der Waals surface area contributed by atoms with Crippen LogP contribution in [0.5, 0.6) is 0 Å². The lowest BCUT2D eigenvalue weighted by Gasteiger charge is -2.12. The number of primary amides is 1. The van der Waals surface area contributed by atoms with E-state index >= 15 is 0 Å². The van der Waals surface area contributed by atoms with E-state index in [-0.39, 0.29) is 23.2 Å². The normalized spacial score (nSPS) is 10.2. The molecule has 0 aliphatic heterocycles. The van der Waals surface area contributed by atoms with Crippen molar-refractivity contribution < 1.29 is 14.0 Å². The van der Waals surface area contributed by atoms with E-state index in [1.165, 1.54) is 23.9 Å². The average molecular weight is 368 g/mol. The van der Waals surface area contributed by atoms with Crippen LogP contribution in [0.1, 0.15) is 0 Å². The van der Waals surface area contributed by atoms with Crippen molar-refractivity contribution in [3.63, 3.8) is 0 Å². The monoisotopic (exact) mass is 367 g/mol. The molecule has 0 saturated carbocycles. The van der Waals surface area contributed by atoms with E-state index in [9.17, 15) is 14.0 Å². The minimum Gasteiger partial charge on any atom is -0.375 e. The first-order chi connectivity index (χ1) is 11.5. The molecule has 0 spiro atoms. The van der Waals surface area contributed by atoms with Crippen LogP contribution in [-0.2, 0) is 9.59 Å². The number of rotatable bonds is 7. The van der Waals surface area contributed by atoms with Crippen molar-refractivity contribution in [3.8, 4) is 0 Å². The molecule has 0 fully saturated rings. The zero-order chi connectivity index (χ0) is 17.5. The van der Waals surface area contributed by atoms with Crippen LogP contribution in [0.15, 0.2) is 47.4 Å². The molecule has 8 heteroatoms. The van der Waals surface area contributed by atoms with Gasteiger partial charge in [0.05, 0.1) is 23.0 Å². The smallest absolute Gasteiger partial charge is 0.243 e. The minimum atomic E-state index is -0.475. The van der Waals surface area contributed by atoms with Gasteiger partial charge in [-0.25, -0.2) is 4.39 Å². The molecule has 0 saturated heterocycles. The van der Waals surface area contributed by atoms with Crippen LogP contribution in [0.2, 0.25) is 5.02 Å². The Bertz CT molecular complexity index is 758. The van der Waals surface area contributed by atoms with Crippen molar-refractivity contribution >= 4 is 46.6 Å². The van der Waals surface area contributed by atoms with Crippen molar-refractivity contribution in [3.05, 3.63) is 53.3 Å². The number of halogens is 2. The average Bonchev–Trinajstić information content (AvgIpc) is 2.54. The Kier molecular flexibility index (Phi) is 6.45. The van der Waals surface area contributed by atoms with Crippen LogP contribution in [0.25, 0.3) is 0 Å². The van der Waals surface area contributed by atoms with Crippen molar-refractivity contribution in [1.82, 2.24) is 0 Å². The van der Waals surface area contributed by atoms with Gasteiger partial charge in [-0.2, -0.15) is 0 Å². The highest BCUT2D eigenvalue weighted by atomic mass is 35.5. The molecule has 0 radical (unpaired) electrons. The highest BCUT2D eigenvalue weighted by Crippen LogP contribution is 2.26. The van der Waals surface area contributed by atoms with Gasteiger partial charge in [0.25, 0.3) is 0 Å². The third-order valence-electron chi connectivity index (χ3n) is 2.90. The first-order valence-corrected chi connectivity index (χ1v) is 8.31. The maximum absolute atomic E-state index is 13.0. The Morgan fingerprint density at radius 2 is 1.92 bits per heavy atom. The second-order valence-corrected chi connectivity index (χ2v) is 6.20. The number of carbonyl (C=O) groups is 2. The highest BCUT2D eigenvalue weighted by Gasteiger charge is 2.09. The second kappa shape index (κ2) is 8.56. The lowest BCUT2D eigenvalue weighted by Crippen LogP contribution is -2.22. The van der Waals surface area contributed by atoms with Crippen LogP contribution in [0, 0.1) is 5.82 Å². The zero-order valence-corrected chi connectivity index (χ0v) is 14.1. The van der Waals surface area contributed by atoms with Crippen LogP contribution in [-0.4, -0.2) is 24.1 Å². The summed E-state index contributed by atoms with van der Waals surface area (Å²) < 4.78 is 13.0. The van der Waals surface area contributed by atoms with E-state index in [1.54, 1.807) is 6.07 Å². The number of hydrogen-bond donors (Lipinski definition) is 3. The first-order valence-electron chi connectivity index (χ1n) is 6.94. The quantitative estimate of drug-likeness (QED) is 0.656. The Morgan fingerprint density at radius 1 is 1.17 bits per heavy atom. The number of amides is 2. The van der Waals surface area contributed by atoms with Gasteiger partial charge >= 0.3 is 0 Å². The van der Waals surface area contributed by atoms with Gasteiger partial charge in [0.15, 0.2) is 0 Å². The summed E-state index contributed by atoms with van der Waals surface area (Å²) in [5.41, 5.74) is 6.19. The second-order valence-electron chi connectivity index (χ2n) is 4.78. The predicted octanol–water partition coefficient (Wildman–Crippen LogP) is 3.11. The summed E-state index contributed by atoms with van der Waals surface area (Å²) in [5.74, 6) is -1.08. The number of anilines is 2. The fourth-order valence-corrected chi connectivity index (χ4v) is 2.83. The molecular formula is C16H15ClFN3O2S. The third-order valence-corrected chi connectivity index (χ3v) is 4.31. The standard InChI is InChI=1S/C16H15ClFN3O2S/c17-11-7-10(18)5-6-12(11)21-16(23)8-20-13-3-1-2-4-14(13)24-9-15(19)22/h1-7,20H,8-9H2,(H2,19,22)(H,21,23). The molecule has 126 valence electrons. The molecule has 24 heavy (non-hydrogen) atoms. The number of nitrogens with one attached hydrogen (secondary N) is 2. The summed E-state index contributed by atoms with van der Waals surface area (Å²) in [4.78, 5) is 23.7. The topological polar surface area (TPSA) is 84.2 Å². The maximum Gasteiger partial charge on any atom is 0.243 e. The molecule has 0 unspecified atom stereocenters. The van der Waals surface area contributed by atoms with Crippen LogP contribution in [0.4, 0.5) is 15.8 Å². The van der Waals surface area contributed by atoms with Gasteiger partial charge in [0.2, 0.25) is 11.8 Å². The Balaban J connectivity index is 1.95. The van der Waals surface area contributed by atoms with Gasteiger partial charge in [-0.15, -0.1) is 11.8 Å². The lowest BCUT2D eigenvalue weighted by atomic mass is 10.3. The summed E-state index contributed by atoms with van der Waals surface area (Å²) in [6.45, 7) is -0.0121. The van der Waals surface area contributed by atoms with Crippen molar-refractivity contribution in [1.29, 1.82) is 0 Å². The molecule has 0 heterocycles. The number of hydrogen-bond acceptors (Lipinski definition) is 4. The molecule has 0 atom stereocenters. The Labute approximate surface area is 147 Å². The molecule has 2 amide bonds. The highest BCUT2D eigenvalue weighted by molar-refractivity contribution is 8.00. The lowest BCUT2D eigenvalue weighted by molar-refractivity contribution is -0.116. The molecule has 0 aliphatic carbocycles. The summed E-state index contributed by atoms with van der Waals surface area (Å²) >= 11 is 7.15. The summed E-state index contributed by atoms with van der Waals surface area (Å²) in [6, 6.07) is 11.0. The van der Waals surface area contributed by atoms with Crippen LogP contribution >= 0.6 is 23.4 Å². The van der Waals surface area contributed by atoms with E-state index < -0.39 is 11.7 Å². The molecule has 2 rings (SSSR count). The fraction of sp³-hybridized carbons (Fsp3) is 0.125. The largest absolute Gasteiger partial charge is 0.375 e. The van der Waals surface area contributed by atoms with Gasteiger partial charge in [-0.05, 0) is 30.3 Å². The number of benzene rings is 2. The third kappa shape index (κ3) is 5.43. The molecule has 2 aromatic rings. The number of para-hydroxylation sites is 1. The SMILES string of the molecule is NC(=O)CSc1ccccc1NCC(=O)Nc1ccc(F)cc1Cl. The Hall–Kier alpha value is -2.25. The molecule has 0 aromatic heterocycles. The van der Waals surface area contributed by atoms with Gasteiger partial charge in [-0.1, -0.05) is 23.7 Å². The van der Waals surface area contributed by atoms with Crippen molar-refractivity contribution in [2.24, 2.45) is 5.73 Å². The zero-order valence-electron chi connectivity index (χ0n) is 12.5. The van der Waals surface area contributed by atoms with E-state index in [2.05, 4.69) is 10.6 Å². The number of carbonyl (C=O) groups excluding carboxylic acids is 2. The van der Waals surface area contributed by atoms with E-state index in [0.717, 1.165) is 11.0 Å². The molecule has 0 aliphatic rings. The Morgan fingerprint density at radius 3 is 2.62 bits per heavy atom.